The van der Waals surface area contributed by atoms with E-state index in [-0.39, 0.29) is 5.91 Å². The van der Waals surface area contributed by atoms with Crippen molar-refractivity contribution < 1.29 is 4.79 Å². The summed E-state index contributed by atoms with van der Waals surface area (Å²) < 4.78 is 0. The highest BCUT2D eigenvalue weighted by Crippen LogP contribution is 2.17. The first-order chi connectivity index (χ1) is 10.2. The number of carbonyl (C=O) groups is 1. The molecule has 2 rings (SSSR count). The fraction of sp³-hybridized carbons (Fsp3) is 0.235. The van der Waals surface area contributed by atoms with E-state index in [2.05, 4.69) is 10.6 Å². The standard InChI is InChI=1S/C17H19ClN2O/c1-2-10-19-17(21)13-7-5-8-15(11-13)20-12-14-6-3-4-9-16(14)18/h3-9,11,20H,2,10,12H2,1H3,(H,19,21). The van der Waals surface area contributed by atoms with Crippen LogP contribution < -0.4 is 10.6 Å². The molecule has 3 nitrogen and oxygen atoms in total. The minimum Gasteiger partial charge on any atom is -0.381 e. The Hall–Kier alpha value is -2.00. The molecule has 2 N–H and O–H groups in total. The van der Waals surface area contributed by atoms with Crippen molar-refractivity contribution in [1.82, 2.24) is 5.32 Å². The maximum Gasteiger partial charge on any atom is 0.251 e. The number of amides is 1. The molecule has 0 unspecified atom stereocenters. The van der Waals surface area contributed by atoms with Crippen molar-refractivity contribution in [3.63, 3.8) is 0 Å². The summed E-state index contributed by atoms with van der Waals surface area (Å²) >= 11 is 6.13. The lowest BCUT2D eigenvalue weighted by Gasteiger charge is -2.10. The first-order valence-corrected chi connectivity index (χ1v) is 7.44. The minimum atomic E-state index is -0.0433. The van der Waals surface area contributed by atoms with E-state index in [9.17, 15) is 4.79 Å². The summed E-state index contributed by atoms with van der Waals surface area (Å²) in [7, 11) is 0. The van der Waals surface area contributed by atoms with Gasteiger partial charge in [0.2, 0.25) is 0 Å². The SMILES string of the molecule is CCCNC(=O)c1cccc(NCc2ccccc2Cl)c1. The van der Waals surface area contributed by atoms with E-state index in [0.29, 0.717) is 18.7 Å². The second kappa shape index (κ2) is 7.70. The van der Waals surface area contributed by atoms with Crippen molar-refractivity contribution >= 4 is 23.2 Å². The van der Waals surface area contributed by atoms with E-state index in [1.165, 1.54) is 0 Å². The van der Waals surface area contributed by atoms with Crippen molar-refractivity contribution in [2.75, 3.05) is 11.9 Å². The number of hydrogen-bond donors (Lipinski definition) is 2. The number of nitrogens with one attached hydrogen (secondary N) is 2. The fourth-order valence-electron chi connectivity index (χ4n) is 1.95. The second-order valence-corrected chi connectivity index (χ2v) is 5.19. The zero-order chi connectivity index (χ0) is 15.1. The Balaban J connectivity index is 2.01. The second-order valence-electron chi connectivity index (χ2n) is 4.78. The smallest absolute Gasteiger partial charge is 0.251 e. The van der Waals surface area contributed by atoms with Crippen LogP contribution in [0.1, 0.15) is 29.3 Å². The Morgan fingerprint density at radius 2 is 1.95 bits per heavy atom. The molecule has 4 heteroatoms. The molecule has 0 saturated carbocycles. The average molecular weight is 303 g/mol. The summed E-state index contributed by atoms with van der Waals surface area (Å²) in [5.74, 6) is -0.0433. The van der Waals surface area contributed by atoms with Crippen molar-refractivity contribution in [2.24, 2.45) is 0 Å². The summed E-state index contributed by atoms with van der Waals surface area (Å²) in [6.45, 7) is 3.34. The summed E-state index contributed by atoms with van der Waals surface area (Å²) in [4.78, 5) is 11.9. The molecule has 2 aromatic carbocycles. The maximum atomic E-state index is 11.9. The first-order valence-electron chi connectivity index (χ1n) is 7.06. The normalized spacial score (nSPS) is 10.2. The monoisotopic (exact) mass is 302 g/mol. The summed E-state index contributed by atoms with van der Waals surface area (Å²) in [5.41, 5.74) is 2.59. The molecule has 21 heavy (non-hydrogen) atoms. The van der Waals surface area contributed by atoms with Crippen molar-refractivity contribution in [3.8, 4) is 0 Å². The molecule has 0 radical (unpaired) electrons. The zero-order valence-corrected chi connectivity index (χ0v) is 12.8. The quantitative estimate of drug-likeness (QED) is 0.844. The maximum absolute atomic E-state index is 11.9. The van der Waals surface area contributed by atoms with Gasteiger partial charge in [0, 0.05) is 29.4 Å². The Kier molecular flexibility index (Phi) is 5.64. The number of halogens is 1. The number of rotatable bonds is 6. The first kappa shape index (κ1) is 15.4. The number of anilines is 1. The molecule has 0 aliphatic rings. The lowest BCUT2D eigenvalue weighted by Crippen LogP contribution is -2.23. The van der Waals surface area contributed by atoms with E-state index in [0.717, 1.165) is 22.7 Å². The largest absolute Gasteiger partial charge is 0.381 e. The molecule has 0 fully saturated rings. The van der Waals surface area contributed by atoms with Gasteiger partial charge in [0.15, 0.2) is 0 Å². The van der Waals surface area contributed by atoms with Crippen LogP contribution in [-0.4, -0.2) is 12.5 Å². The molecule has 0 aliphatic carbocycles. The lowest BCUT2D eigenvalue weighted by atomic mass is 10.1. The van der Waals surface area contributed by atoms with Crippen LogP contribution >= 0.6 is 11.6 Å². The third-order valence-corrected chi connectivity index (χ3v) is 3.47. The Labute approximate surface area is 130 Å². The van der Waals surface area contributed by atoms with Crippen LogP contribution in [-0.2, 0) is 6.54 Å². The number of hydrogen-bond acceptors (Lipinski definition) is 2. The van der Waals surface area contributed by atoms with Gasteiger partial charge in [0.25, 0.3) is 5.91 Å². The third kappa shape index (κ3) is 4.50. The van der Waals surface area contributed by atoms with Gasteiger partial charge in [-0.05, 0) is 36.2 Å². The average Bonchev–Trinajstić information content (AvgIpc) is 2.52. The molecule has 0 atom stereocenters. The van der Waals surface area contributed by atoms with E-state index < -0.39 is 0 Å². The van der Waals surface area contributed by atoms with Gasteiger partial charge < -0.3 is 10.6 Å². The molecular formula is C17H19ClN2O. The van der Waals surface area contributed by atoms with Gasteiger partial charge in [-0.15, -0.1) is 0 Å². The van der Waals surface area contributed by atoms with Crippen molar-refractivity contribution in [3.05, 3.63) is 64.7 Å². The van der Waals surface area contributed by atoms with Crippen molar-refractivity contribution in [2.45, 2.75) is 19.9 Å². The zero-order valence-electron chi connectivity index (χ0n) is 12.0. The predicted molar refractivity (Wildman–Crippen MR) is 87.8 cm³/mol. The Morgan fingerprint density at radius 3 is 2.71 bits per heavy atom. The van der Waals surface area contributed by atoms with Crippen LogP contribution in [0.3, 0.4) is 0 Å². The van der Waals surface area contributed by atoms with Gasteiger partial charge in [-0.2, -0.15) is 0 Å². The lowest BCUT2D eigenvalue weighted by molar-refractivity contribution is 0.0953. The van der Waals surface area contributed by atoms with E-state index in [1.54, 1.807) is 0 Å². The van der Waals surface area contributed by atoms with E-state index >= 15 is 0 Å². The van der Waals surface area contributed by atoms with Crippen LogP contribution in [0.4, 0.5) is 5.69 Å². The summed E-state index contributed by atoms with van der Waals surface area (Å²) in [5, 5.41) is 6.90. The predicted octanol–water partition coefficient (Wildman–Crippen LogP) is 4.09. The van der Waals surface area contributed by atoms with Crippen LogP contribution in [0.5, 0.6) is 0 Å². The molecule has 0 saturated heterocycles. The molecule has 0 aliphatic heterocycles. The van der Waals surface area contributed by atoms with Crippen LogP contribution in [0.15, 0.2) is 48.5 Å². The minimum absolute atomic E-state index is 0.0433. The van der Waals surface area contributed by atoms with Crippen LogP contribution in [0.25, 0.3) is 0 Å². The van der Waals surface area contributed by atoms with Gasteiger partial charge in [0.1, 0.15) is 0 Å². The highest BCUT2D eigenvalue weighted by molar-refractivity contribution is 6.31. The van der Waals surface area contributed by atoms with Crippen LogP contribution in [0, 0.1) is 0 Å². The molecular weight excluding hydrogens is 284 g/mol. The van der Waals surface area contributed by atoms with Gasteiger partial charge in [0.05, 0.1) is 0 Å². The highest BCUT2D eigenvalue weighted by atomic mass is 35.5. The molecule has 2 aromatic rings. The summed E-state index contributed by atoms with van der Waals surface area (Å²) in [6.07, 6.45) is 0.927. The molecule has 1 amide bonds. The van der Waals surface area contributed by atoms with E-state index in [1.807, 2.05) is 55.5 Å². The van der Waals surface area contributed by atoms with Crippen LogP contribution in [0.2, 0.25) is 5.02 Å². The molecule has 0 heterocycles. The Morgan fingerprint density at radius 1 is 1.14 bits per heavy atom. The van der Waals surface area contributed by atoms with E-state index in [4.69, 9.17) is 11.6 Å². The van der Waals surface area contributed by atoms with Gasteiger partial charge in [-0.1, -0.05) is 42.8 Å². The molecule has 0 bridgehead atoms. The topological polar surface area (TPSA) is 41.1 Å². The number of carbonyl (C=O) groups excluding carboxylic acids is 1. The molecule has 0 aromatic heterocycles. The third-order valence-electron chi connectivity index (χ3n) is 3.10. The summed E-state index contributed by atoms with van der Waals surface area (Å²) in [6, 6.07) is 15.2. The van der Waals surface area contributed by atoms with Gasteiger partial charge in [-0.25, -0.2) is 0 Å². The Bertz CT molecular complexity index is 613. The van der Waals surface area contributed by atoms with Gasteiger partial charge in [-0.3, -0.25) is 4.79 Å². The van der Waals surface area contributed by atoms with Gasteiger partial charge >= 0.3 is 0 Å². The highest BCUT2D eigenvalue weighted by Gasteiger charge is 2.05. The fourth-order valence-corrected chi connectivity index (χ4v) is 2.15. The number of benzene rings is 2. The molecule has 110 valence electrons. The molecule has 0 spiro atoms. The van der Waals surface area contributed by atoms with Crippen molar-refractivity contribution in [1.29, 1.82) is 0 Å².